The molecule has 0 saturated carbocycles. The summed E-state index contributed by atoms with van der Waals surface area (Å²) >= 11 is 12.3. The molecule has 0 heterocycles. The van der Waals surface area contributed by atoms with E-state index in [2.05, 4.69) is 12.1 Å². The average molecular weight is 266 g/mol. The summed E-state index contributed by atoms with van der Waals surface area (Å²) in [5.74, 6) is 0. The van der Waals surface area contributed by atoms with E-state index in [0.29, 0.717) is 15.7 Å². The number of aryl methyl sites for hydroxylation is 1. The topological polar surface area (TPSA) is 26.0 Å². The predicted molar refractivity (Wildman–Crippen MR) is 74.7 cm³/mol. The van der Waals surface area contributed by atoms with E-state index in [0.717, 1.165) is 18.4 Å². The highest BCUT2D eigenvalue weighted by Crippen LogP contribution is 2.28. The van der Waals surface area contributed by atoms with E-state index in [-0.39, 0.29) is 0 Å². The van der Waals surface area contributed by atoms with Crippen molar-refractivity contribution in [2.24, 2.45) is 0 Å². The van der Waals surface area contributed by atoms with Crippen molar-refractivity contribution >= 4 is 28.9 Å². The third kappa shape index (κ3) is 3.15. The van der Waals surface area contributed by atoms with Gasteiger partial charge < -0.3 is 5.73 Å². The number of anilines is 1. The van der Waals surface area contributed by atoms with Crippen LogP contribution in [0.3, 0.4) is 0 Å². The van der Waals surface area contributed by atoms with Crippen LogP contribution in [0.25, 0.3) is 0 Å². The molecular formula is C14H13Cl2N. The summed E-state index contributed by atoms with van der Waals surface area (Å²) in [6.07, 6.45) is 1.74. The highest BCUT2D eigenvalue weighted by atomic mass is 35.5. The van der Waals surface area contributed by atoms with Gasteiger partial charge in [0.05, 0.1) is 0 Å². The van der Waals surface area contributed by atoms with Gasteiger partial charge >= 0.3 is 0 Å². The molecule has 2 N–H and O–H groups in total. The Morgan fingerprint density at radius 1 is 0.882 bits per heavy atom. The minimum atomic E-state index is 0.600. The summed E-state index contributed by atoms with van der Waals surface area (Å²) in [6.45, 7) is 0. The Morgan fingerprint density at radius 2 is 1.47 bits per heavy atom. The number of nitrogens with two attached hydrogens (primary N) is 1. The Morgan fingerprint density at radius 3 is 2.06 bits per heavy atom. The van der Waals surface area contributed by atoms with Crippen molar-refractivity contribution in [3.63, 3.8) is 0 Å². The van der Waals surface area contributed by atoms with E-state index in [9.17, 15) is 0 Å². The van der Waals surface area contributed by atoms with Crippen LogP contribution in [0.2, 0.25) is 10.0 Å². The summed E-state index contributed by atoms with van der Waals surface area (Å²) in [4.78, 5) is 0. The molecule has 2 aromatic carbocycles. The fraction of sp³-hybridized carbons (Fsp3) is 0.143. The van der Waals surface area contributed by atoms with Crippen molar-refractivity contribution in [2.75, 3.05) is 5.73 Å². The molecule has 0 amide bonds. The zero-order valence-electron chi connectivity index (χ0n) is 9.29. The standard InChI is InChI=1S/C14H13Cl2N/c15-13-8-11(17)9-14(16)12(13)7-6-10-4-2-1-3-5-10/h1-5,8-9H,6-7,17H2. The fourth-order valence-electron chi connectivity index (χ4n) is 1.78. The van der Waals surface area contributed by atoms with Gasteiger partial charge in [0.2, 0.25) is 0 Å². The molecule has 0 aliphatic heterocycles. The van der Waals surface area contributed by atoms with Gasteiger partial charge in [-0.05, 0) is 36.1 Å². The molecule has 0 atom stereocenters. The molecule has 3 heteroatoms. The molecule has 0 spiro atoms. The first kappa shape index (κ1) is 12.3. The van der Waals surface area contributed by atoms with Gasteiger partial charge in [-0.15, -0.1) is 0 Å². The number of hydrogen-bond donors (Lipinski definition) is 1. The Kier molecular flexibility index (Phi) is 3.93. The van der Waals surface area contributed by atoms with Crippen molar-refractivity contribution in [3.8, 4) is 0 Å². The van der Waals surface area contributed by atoms with E-state index in [1.807, 2.05) is 18.2 Å². The maximum absolute atomic E-state index is 6.14. The predicted octanol–water partition coefficient (Wildman–Crippen LogP) is 4.36. The van der Waals surface area contributed by atoms with Crippen LogP contribution in [0.15, 0.2) is 42.5 Å². The lowest BCUT2D eigenvalue weighted by molar-refractivity contribution is 0.961. The molecule has 0 unspecified atom stereocenters. The molecule has 2 rings (SSSR count). The van der Waals surface area contributed by atoms with E-state index < -0.39 is 0 Å². The maximum atomic E-state index is 6.14. The minimum Gasteiger partial charge on any atom is -0.399 e. The monoisotopic (exact) mass is 265 g/mol. The van der Waals surface area contributed by atoms with Crippen LogP contribution in [0.1, 0.15) is 11.1 Å². The van der Waals surface area contributed by atoms with Crippen LogP contribution >= 0.6 is 23.2 Å². The maximum Gasteiger partial charge on any atom is 0.0473 e. The van der Waals surface area contributed by atoms with Crippen LogP contribution in [0.4, 0.5) is 5.69 Å². The Bertz CT molecular complexity index is 486. The number of halogens is 2. The second kappa shape index (κ2) is 5.44. The van der Waals surface area contributed by atoms with E-state index in [4.69, 9.17) is 28.9 Å². The zero-order chi connectivity index (χ0) is 12.3. The van der Waals surface area contributed by atoms with Gasteiger partial charge in [0, 0.05) is 15.7 Å². The summed E-state index contributed by atoms with van der Waals surface area (Å²) in [5, 5.41) is 1.29. The molecule has 88 valence electrons. The lowest BCUT2D eigenvalue weighted by Gasteiger charge is -2.08. The second-order valence-electron chi connectivity index (χ2n) is 3.95. The number of hydrogen-bond acceptors (Lipinski definition) is 1. The first-order valence-corrected chi connectivity index (χ1v) is 6.20. The van der Waals surface area contributed by atoms with Gasteiger partial charge in [-0.3, -0.25) is 0 Å². The van der Waals surface area contributed by atoms with Gasteiger partial charge in [-0.2, -0.15) is 0 Å². The summed E-state index contributed by atoms with van der Waals surface area (Å²) in [6, 6.07) is 13.7. The minimum absolute atomic E-state index is 0.600. The SMILES string of the molecule is Nc1cc(Cl)c(CCc2ccccc2)c(Cl)c1. The smallest absolute Gasteiger partial charge is 0.0473 e. The molecule has 0 radical (unpaired) electrons. The van der Waals surface area contributed by atoms with Crippen molar-refractivity contribution in [1.29, 1.82) is 0 Å². The van der Waals surface area contributed by atoms with Gasteiger partial charge in [0.1, 0.15) is 0 Å². The molecule has 0 fully saturated rings. The molecule has 0 aliphatic rings. The second-order valence-corrected chi connectivity index (χ2v) is 4.76. The number of nitrogen functional groups attached to an aromatic ring is 1. The Hall–Kier alpha value is -1.18. The van der Waals surface area contributed by atoms with Gasteiger partial charge in [0.15, 0.2) is 0 Å². The number of rotatable bonds is 3. The normalized spacial score (nSPS) is 10.5. The molecule has 0 aliphatic carbocycles. The van der Waals surface area contributed by atoms with Crippen molar-refractivity contribution in [2.45, 2.75) is 12.8 Å². The van der Waals surface area contributed by atoms with Crippen LogP contribution in [-0.2, 0) is 12.8 Å². The Balaban J connectivity index is 2.15. The summed E-state index contributed by atoms with van der Waals surface area (Å²) < 4.78 is 0. The van der Waals surface area contributed by atoms with Gasteiger partial charge in [0.25, 0.3) is 0 Å². The summed E-state index contributed by atoms with van der Waals surface area (Å²) in [7, 11) is 0. The molecular weight excluding hydrogens is 253 g/mol. The van der Waals surface area contributed by atoms with Gasteiger partial charge in [-0.1, -0.05) is 53.5 Å². The molecule has 0 bridgehead atoms. The molecule has 0 saturated heterocycles. The zero-order valence-corrected chi connectivity index (χ0v) is 10.8. The van der Waals surface area contributed by atoms with Crippen molar-refractivity contribution in [3.05, 3.63) is 63.6 Å². The van der Waals surface area contributed by atoms with Crippen LogP contribution in [0.5, 0.6) is 0 Å². The lowest BCUT2D eigenvalue weighted by Crippen LogP contribution is -1.95. The highest BCUT2D eigenvalue weighted by Gasteiger charge is 2.07. The van der Waals surface area contributed by atoms with E-state index in [1.165, 1.54) is 5.56 Å². The van der Waals surface area contributed by atoms with Crippen molar-refractivity contribution in [1.82, 2.24) is 0 Å². The van der Waals surface area contributed by atoms with Gasteiger partial charge in [-0.25, -0.2) is 0 Å². The quantitative estimate of drug-likeness (QED) is 0.820. The van der Waals surface area contributed by atoms with Crippen LogP contribution in [0, 0.1) is 0 Å². The van der Waals surface area contributed by atoms with Crippen molar-refractivity contribution < 1.29 is 0 Å². The summed E-state index contributed by atoms with van der Waals surface area (Å²) in [5.41, 5.74) is 8.51. The van der Waals surface area contributed by atoms with E-state index in [1.54, 1.807) is 12.1 Å². The first-order valence-electron chi connectivity index (χ1n) is 5.44. The highest BCUT2D eigenvalue weighted by molar-refractivity contribution is 6.36. The molecule has 2 aromatic rings. The lowest BCUT2D eigenvalue weighted by atomic mass is 10.0. The molecule has 0 aromatic heterocycles. The largest absolute Gasteiger partial charge is 0.399 e. The first-order chi connectivity index (χ1) is 8.16. The van der Waals surface area contributed by atoms with Crippen LogP contribution < -0.4 is 5.73 Å². The average Bonchev–Trinajstić information content (AvgIpc) is 2.29. The fourth-order valence-corrected chi connectivity index (χ4v) is 2.47. The third-order valence-electron chi connectivity index (χ3n) is 2.67. The number of benzene rings is 2. The Labute approximate surface area is 111 Å². The van der Waals surface area contributed by atoms with Crippen LogP contribution in [-0.4, -0.2) is 0 Å². The molecule has 17 heavy (non-hydrogen) atoms. The van der Waals surface area contributed by atoms with E-state index >= 15 is 0 Å². The molecule has 1 nitrogen and oxygen atoms in total. The third-order valence-corrected chi connectivity index (χ3v) is 3.34.